The van der Waals surface area contributed by atoms with Gasteiger partial charge in [0.1, 0.15) is 24.0 Å². The average molecular weight is 319 g/mol. The van der Waals surface area contributed by atoms with E-state index < -0.39 is 12.1 Å². The number of hydrogen-bond donors (Lipinski definition) is 2. The van der Waals surface area contributed by atoms with Crippen LogP contribution in [0.1, 0.15) is 41.3 Å². The predicted octanol–water partition coefficient (Wildman–Crippen LogP) is 1.87. The van der Waals surface area contributed by atoms with Crippen LogP contribution in [0.5, 0.6) is 5.75 Å². The third kappa shape index (κ3) is 5.27. The molecule has 0 fully saturated rings. The summed E-state index contributed by atoms with van der Waals surface area (Å²) in [5.74, 6) is 2.64. The molecule has 0 saturated carbocycles. The maximum absolute atomic E-state index is 12.1. The molecular formula is C18H25NO4. The van der Waals surface area contributed by atoms with Crippen LogP contribution in [0.2, 0.25) is 0 Å². The molecule has 5 heteroatoms. The molecule has 1 atom stereocenters. The zero-order chi connectivity index (χ0) is 17.4. The molecule has 0 aromatic heterocycles. The second kappa shape index (κ2) is 9.19. The summed E-state index contributed by atoms with van der Waals surface area (Å²) in [6.07, 6.45) is 4.41. The Morgan fingerprint density at radius 1 is 1.43 bits per heavy atom. The number of esters is 1. The monoisotopic (exact) mass is 319 g/mol. The lowest BCUT2D eigenvalue weighted by molar-refractivity contribution is 0.0587. The van der Waals surface area contributed by atoms with Crippen molar-refractivity contribution in [3.63, 3.8) is 0 Å². The lowest BCUT2D eigenvalue weighted by atomic mass is 9.96. The van der Waals surface area contributed by atoms with E-state index in [0.717, 1.165) is 11.1 Å². The topological polar surface area (TPSA) is 67.8 Å². The van der Waals surface area contributed by atoms with Gasteiger partial charge in [0, 0.05) is 6.54 Å². The molecule has 0 aliphatic heterocycles. The van der Waals surface area contributed by atoms with Crippen LogP contribution in [0.3, 0.4) is 0 Å². The van der Waals surface area contributed by atoms with E-state index in [1.807, 2.05) is 32.9 Å². The standard InChI is InChI=1S/C18H25NO4/c1-6-9-19-10-14(20)11-23-17-15(12(2)3)8-7-13(4)16(17)18(21)22-5/h1,7-8,12,14,19-20H,9-11H2,2-5H3. The van der Waals surface area contributed by atoms with Gasteiger partial charge >= 0.3 is 5.97 Å². The third-order valence-electron chi connectivity index (χ3n) is 3.44. The van der Waals surface area contributed by atoms with Crippen molar-refractivity contribution in [3.8, 4) is 18.1 Å². The molecule has 0 aliphatic carbocycles. The van der Waals surface area contributed by atoms with E-state index in [0.29, 0.717) is 24.4 Å². The number of carbonyl (C=O) groups excluding carboxylic acids is 1. The van der Waals surface area contributed by atoms with Gasteiger partial charge in [-0.25, -0.2) is 4.79 Å². The fraction of sp³-hybridized carbons (Fsp3) is 0.500. The highest BCUT2D eigenvalue weighted by Gasteiger charge is 2.22. The van der Waals surface area contributed by atoms with Gasteiger partial charge in [0.15, 0.2) is 0 Å². The number of hydrogen-bond acceptors (Lipinski definition) is 5. The van der Waals surface area contributed by atoms with Crippen molar-refractivity contribution < 1.29 is 19.4 Å². The second-order valence-corrected chi connectivity index (χ2v) is 5.62. The van der Waals surface area contributed by atoms with Gasteiger partial charge in [0.2, 0.25) is 0 Å². The maximum atomic E-state index is 12.1. The molecule has 5 nitrogen and oxygen atoms in total. The molecule has 1 rings (SSSR count). The summed E-state index contributed by atoms with van der Waals surface area (Å²) in [7, 11) is 1.34. The summed E-state index contributed by atoms with van der Waals surface area (Å²) in [6, 6.07) is 3.81. The molecule has 1 aromatic rings. The van der Waals surface area contributed by atoms with E-state index in [1.54, 1.807) is 0 Å². The van der Waals surface area contributed by atoms with Crippen molar-refractivity contribution in [2.75, 3.05) is 26.8 Å². The number of methoxy groups -OCH3 is 1. The summed E-state index contributed by atoms with van der Waals surface area (Å²) in [5.41, 5.74) is 2.08. The number of aliphatic hydroxyl groups is 1. The molecule has 0 saturated heterocycles. The van der Waals surface area contributed by atoms with Crippen LogP contribution in [0.15, 0.2) is 12.1 Å². The van der Waals surface area contributed by atoms with Crippen molar-refractivity contribution in [1.82, 2.24) is 5.32 Å². The first-order valence-corrected chi connectivity index (χ1v) is 7.59. The fourth-order valence-corrected chi connectivity index (χ4v) is 2.21. The highest BCUT2D eigenvalue weighted by Crippen LogP contribution is 2.33. The van der Waals surface area contributed by atoms with Gasteiger partial charge in [-0.05, 0) is 24.0 Å². The van der Waals surface area contributed by atoms with Crippen LogP contribution in [0, 0.1) is 19.3 Å². The van der Waals surface area contributed by atoms with Gasteiger partial charge in [0.25, 0.3) is 0 Å². The first kappa shape index (κ1) is 19.0. The number of aliphatic hydroxyl groups excluding tert-OH is 1. The Morgan fingerprint density at radius 3 is 2.70 bits per heavy atom. The molecule has 23 heavy (non-hydrogen) atoms. The summed E-state index contributed by atoms with van der Waals surface area (Å²) >= 11 is 0. The Bertz CT molecular complexity index is 575. The molecule has 0 spiro atoms. The highest BCUT2D eigenvalue weighted by atomic mass is 16.5. The average Bonchev–Trinajstić information content (AvgIpc) is 2.52. The molecule has 1 unspecified atom stereocenters. The zero-order valence-corrected chi connectivity index (χ0v) is 14.2. The lowest BCUT2D eigenvalue weighted by Crippen LogP contribution is -2.32. The van der Waals surface area contributed by atoms with E-state index in [-0.39, 0.29) is 12.5 Å². The molecule has 0 bridgehead atoms. The van der Waals surface area contributed by atoms with E-state index in [1.165, 1.54) is 7.11 Å². The summed E-state index contributed by atoms with van der Waals surface area (Å²) in [6.45, 7) is 6.62. The van der Waals surface area contributed by atoms with Crippen LogP contribution < -0.4 is 10.1 Å². The molecule has 0 aliphatic rings. The van der Waals surface area contributed by atoms with Crippen molar-refractivity contribution in [3.05, 3.63) is 28.8 Å². The Kier molecular flexibility index (Phi) is 7.60. The van der Waals surface area contributed by atoms with Crippen LogP contribution >= 0.6 is 0 Å². The molecule has 1 aromatic carbocycles. The number of ether oxygens (including phenoxy) is 2. The van der Waals surface area contributed by atoms with Crippen molar-refractivity contribution in [2.45, 2.75) is 32.8 Å². The summed E-state index contributed by atoms with van der Waals surface area (Å²) < 4.78 is 10.6. The summed E-state index contributed by atoms with van der Waals surface area (Å²) in [4.78, 5) is 12.1. The second-order valence-electron chi connectivity index (χ2n) is 5.62. The van der Waals surface area contributed by atoms with Gasteiger partial charge in [-0.1, -0.05) is 31.9 Å². The van der Waals surface area contributed by atoms with E-state index in [9.17, 15) is 9.90 Å². The van der Waals surface area contributed by atoms with Crippen molar-refractivity contribution >= 4 is 5.97 Å². The minimum absolute atomic E-state index is 0.0603. The van der Waals surface area contributed by atoms with E-state index >= 15 is 0 Å². The number of terminal acetylenes is 1. The van der Waals surface area contributed by atoms with Crippen molar-refractivity contribution in [2.24, 2.45) is 0 Å². The Labute approximate surface area is 138 Å². The molecule has 0 radical (unpaired) electrons. The van der Waals surface area contributed by atoms with Crippen LogP contribution in [-0.2, 0) is 4.74 Å². The SMILES string of the molecule is C#CCNCC(O)COc1c(C(C)C)ccc(C)c1C(=O)OC. The number of carbonyl (C=O) groups is 1. The quantitative estimate of drug-likeness (QED) is 0.435. The Balaban J connectivity index is 3.00. The number of aryl methyl sites for hydroxylation is 1. The maximum Gasteiger partial charge on any atom is 0.341 e. The largest absolute Gasteiger partial charge is 0.490 e. The van der Waals surface area contributed by atoms with Gasteiger partial charge in [-0.2, -0.15) is 0 Å². The molecule has 0 heterocycles. The zero-order valence-electron chi connectivity index (χ0n) is 14.2. The molecule has 126 valence electrons. The lowest BCUT2D eigenvalue weighted by Gasteiger charge is -2.20. The number of rotatable bonds is 8. The van der Waals surface area contributed by atoms with E-state index in [4.69, 9.17) is 15.9 Å². The molecular weight excluding hydrogens is 294 g/mol. The molecule has 0 amide bonds. The number of benzene rings is 1. The smallest absolute Gasteiger partial charge is 0.341 e. The fourth-order valence-electron chi connectivity index (χ4n) is 2.21. The first-order chi connectivity index (χ1) is 10.9. The summed E-state index contributed by atoms with van der Waals surface area (Å²) in [5, 5.41) is 12.9. The van der Waals surface area contributed by atoms with Gasteiger partial charge in [-0.3, -0.25) is 0 Å². The minimum Gasteiger partial charge on any atom is -0.490 e. The van der Waals surface area contributed by atoms with Crippen LogP contribution in [-0.4, -0.2) is 44.0 Å². The van der Waals surface area contributed by atoms with Crippen LogP contribution in [0.4, 0.5) is 0 Å². The van der Waals surface area contributed by atoms with Crippen molar-refractivity contribution in [1.29, 1.82) is 0 Å². The van der Waals surface area contributed by atoms with Gasteiger partial charge in [0.05, 0.1) is 13.7 Å². The Morgan fingerprint density at radius 2 is 2.13 bits per heavy atom. The predicted molar refractivity (Wildman–Crippen MR) is 89.8 cm³/mol. The van der Waals surface area contributed by atoms with Gasteiger partial charge in [-0.15, -0.1) is 6.42 Å². The minimum atomic E-state index is -0.727. The molecule has 2 N–H and O–H groups in total. The normalized spacial score (nSPS) is 11.9. The third-order valence-corrected chi connectivity index (χ3v) is 3.44. The van der Waals surface area contributed by atoms with Crippen LogP contribution in [0.25, 0.3) is 0 Å². The first-order valence-electron chi connectivity index (χ1n) is 7.59. The highest BCUT2D eigenvalue weighted by molar-refractivity contribution is 5.94. The van der Waals surface area contributed by atoms with Gasteiger partial charge < -0.3 is 19.9 Å². The Hall–Kier alpha value is -2.03. The van der Waals surface area contributed by atoms with E-state index in [2.05, 4.69) is 11.2 Å². The number of nitrogens with one attached hydrogen (secondary N) is 1.